The number of amides is 1. The Balaban J connectivity index is 1.37. The molecule has 9 nitrogen and oxygen atoms in total. The van der Waals surface area contributed by atoms with E-state index in [1.54, 1.807) is 23.0 Å². The summed E-state index contributed by atoms with van der Waals surface area (Å²) in [4.78, 5) is 27.8. The monoisotopic (exact) mass is 401 g/mol. The van der Waals surface area contributed by atoms with E-state index in [0.29, 0.717) is 19.8 Å². The van der Waals surface area contributed by atoms with Crippen molar-refractivity contribution >= 4 is 22.5 Å². The van der Waals surface area contributed by atoms with Crippen LogP contribution in [0.2, 0.25) is 0 Å². The molecule has 2 fully saturated rings. The molecule has 29 heavy (non-hydrogen) atoms. The largest absolute Gasteiger partial charge is 0.372 e. The lowest BCUT2D eigenvalue weighted by Gasteiger charge is -2.39. The highest BCUT2D eigenvalue weighted by Gasteiger charge is 2.32. The van der Waals surface area contributed by atoms with Crippen molar-refractivity contribution in [3.8, 4) is 0 Å². The van der Waals surface area contributed by atoms with Crippen molar-refractivity contribution in [1.82, 2.24) is 19.6 Å². The Kier molecular flexibility index (Phi) is 5.51. The maximum atomic E-state index is 12.9. The summed E-state index contributed by atoms with van der Waals surface area (Å²) in [7, 11) is 0. The molecule has 0 saturated carbocycles. The zero-order valence-electron chi connectivity index (χ0n) is 16.9. The van der Waals surface area contributed by atoms with Gasteiger partial charge in [0.2, 0.25) is 5.91 Å². The fourth-order valence-corrected chi connectivity index (χ4v) is 4.41. The third-order valence-corrected chi connectivity index (χ3v) is 5.84. The number of nitro groups is 1. The SMILES string of the molecule is C[C@H]1CN(C(=O)C2CCN(Cn3ncc4ccc([N+](=O)[O-])cc43)CC2)C[C@H](C)O1. The number of fused-ring (bicyclic) bond motifs is 1. The number of non-ortho nitro benzene ring substituents is 1. The van der Waals surface area contributed by atoms with Gasteiger partial charge in [-0.2, -0.15) is 5.10 Å². The zero-order chi connectivity index (χ0) is 20.5. The number of piperidine rings is 1. The van der Waals surface area contributed by atoms with Crippen molar-refractivity contribution in [2.45, 2.75) is 45.6 Å². The van der Waals surface area contributed by atoms with Gasteiger partial charge in [0.1, 0.15) is 0 Å². The van der Waals surface area contributed by atoms with Gasteiger partial charge < -0.3 is 9.64 Å². The van der Waals surface area contributed by atoms with E-state index in [2.05, 4.69) is 10.00 Å². The summed E-state index contributed by atoms with van der Waals surface area (Å²) < 4.78 is 7.54. The molecule has 2 saturated heterocycles. The van der Waals surface area contributed by atoms with Crippen molar-refractivity contribution < 1.29 is 14.5 Å². The van der Waals surface area contributed by atoms with Gasteiger partial charge in [0.25, 0.3) is 5.69 Å². The summed E-state index contributed by atoms with van der Waals surface area (Å²) in [5.41, 5.74) is 0.825. The molecule has 0 aliphatic carbocycles. The van der Waals surface area contributed by atoms with Gasteiger partial charge in [-0.3, -0.25) is 24.5 Å². The smallest absolute Gasteiger partial charge is 0.271 e. The maximum Gasteiger partial charge on any atom is 0.271 e. The topological polar surface area (TPSA) is 93.7 Å². The molecule has 1 amide bonds. The summed E-state index contributed by atoms with van der Waals surface area (Å²) in [5, 5.41) is 16.3. The van der Waals surface area contributed by atoms with Gasteiger partial charge >= 0.3 is 0 Å². The fourth-order valence-electron chi connectivity index (χ4n) is 4.41. The molecule has 2 aromatic rings. The van der Waals surface area contributed by atoms with Crippen LogP contribution in [0.3, 0.4) is 0 Å². The Hall–Kier alpha value is -2.52. The molecule has 2 aliphatic heterocycles. The average Bonchev–Trinajstić information content (AvgIpc) is 3.09. The Morgan fingerprint density at radius 1 is 1.24 bits per heavy atom. The molecule has 2 atom stereocenters. The van der Waals surface area contributed by atoms with Gasteiger partial charge in [0, 0.05) is 49.6 Å². The van der Waals surface area contributed by atoms with Crippen molar-refractivity contribution in [3.63, 3.8) is 0 Å². The molecule has 3 heterocycles. The van der Waals surface area contributed by atoms with Gasteiger partial charge in [0.05, 0.1) is 35.5 Å². The molecule has 1 aromatic heterocycles. The third-order valence-electron chi connectivity index (χ3n) is 5.84. The van der Waals surface area contributed by atoms with E-state index in [4.69, 9.17) is 4.74 Å². The molecule has 0 radical (unpaired) electrons. The Morgan fingerprint density at radius 2 is 1.93 bits per heavy atom. The summed E-state index contributed by atoms with van der Waals surface area (Å²) in [5.74, 6) is 0.297. The number of benzene rings is 1. The van der Waals surface area contributed by atoms with E-state index in [-0.39, 0.29) is 34.6 Å². The van der Waals surface area contributed by atoms with E-state index >= 15 is 0 Å². The maximum absolute atomic E-state index is 12.9. The second-order valence-electron chi connectivity index (χ2n) is 8.18. The first-order valence-corrected chi connectivity index (χ1v) is 10.2. The van der Waals surface area contributed by atoms with Crippen LogP contribution in [0.25, 0.3) is 10.9 Å². The standard InChI is InChI=1S/C20H27N5O4/c1-14-11-23(12-15(2)29-14)20(26)16-5-7-22(8-6-16)13-24-19-9-18(25(27)28)4-3-17(19)10-21-24/h3-4,9-10,14-16H,5-8,11-13H2,1-2H3/t14-,15-/m0/s1. The number of hydrogen-bond acceptors (Lipinski definition) is 6. The molecule has 9 heteroatoms. The highest BCUT2D eigenvalue weighted by Crippen LogP contribution is 2.24. The minimum Gasteiger partial charge on any atom is -0.372 e. The van der Waals surface area contributed by atoms with Crippen LogP contribution < -0.4 is 0 Å². The second kappa shape index (κ2) is 8.08. The fraction of sp³-hybridized carbons (Fsp3) is 0.600. The van der Waals surface area contributed by atoms with Crippen LogP contribution in [-0.4, -0.2) is 68.8 Å². The summed E-state index contributed by atoms with van der Waals surface area (Å²) in [6.07, 6.45) is 3.53. The number of rotatable bonds is 4. The molecule has 0 spiro atoms. The molecular formula is C20H27N5O4. The number of nitro benzene ring substituents is 1. The summed E-state index contributed by atoms with van der Waals surface area (Å²) in [6.45, 7) is 7.54. The number of carbonyl (C=O) groups is 1. The lowest BCUT2D eigenvalue weighted by Crippen LogP contribution is -2.51. The molecule has 1 aromatic carbocycles. The highest BCUT2D eigenvalue weighted by molar-refractivity contribution is 5.81. The molecule has 0 N–H and O–H groups in total. The van der Waals surface area contributed by atoms with Crippen LogP contribution in [0.5, 0.6) is 0 Å². The normalized spacial score (nSPS) is 24.1. The van der Waals surface area contributed by atoms with Crippen LogP contribution in [0.4, 0.5) is 5.69 Å². The number of hydrogen-bond donors (Lipinski definition) is 0. The van der Waals surface area contributed by atoms with E-state index in [0.717, 1.165) is 36.8 Å². The quantitative estimate of drug-likeness (QED) is 0.576. The van der Waals surface area contributed by atoms with Crippen LogP contribution >= 0.6 is 0 Å². The first-order valence-electron chi connectivity index (χ1n) is 10.2. The minimum absolute atomic E-state index is 0.0548. The van der Waals surface area contributed by atoms with E-state index in [9.17, 15) is 14.9 Å². The van der Waals surface area contributed by atoms with Crippen molar-refractivity contribution in [2.75, 3.05) is 26.2 Å². The highest BCUT2D eigenvalue weighted by atomic mass is 16.6. The Bertz CT molecular complexity index is 895. The van der Waals surface area contributed by atoms with Gasteiger partial charge in [-0.05, 0) is 32.8 Å². The van der Waals surface area contributed by atoms with Crippen LogP contribution in [0.1, 0.15) is 26.7 Å². The van der Waals surface area contributed by atoms with Crippen molar-refractivity contribution in [2.24, 2.45) is 5.92 Å². The predicted octanol–water partition coefficient (Wildman–Crippen LogP) is 2.25. The number of morpholine rings is 1. The molecule has 156 valence electrons. The molecular weight excluding hydrogens is 374 g/mol. The Labute approximate surface area is 169 Å². The van der Waals surface area contributed by atoms with Gasteiger partial charge in [-0.1, -0.05) is 0 Å². The van der Waals surface area contributed by atoms with Gasteiger partial charge in [-0.25, -0.2) is 0 Å². The Morgan fingerprint density at radius 3 is 2.59 bits per heavy atom. The number of nitrogens with zero attached hydrogens (tertiary/aromatic N) is 5. The number of aromatic nitrogens is 2. The van der Waals surface area contributed by atoms with E-state index < -0.39 is 0 Å². The lowest BCUT2D eigenvalue weighted by atomic mass is 9.95. The minimum atomic E-state index is -0.388. The number of carbonyl (C=O) groups excluding carboxylic acids is 1. The number of ether oxygens (including phenoxy) is 1. The lowest BCUT2D eigenvalue weighted by molar-refractivity contribution is -0.384. The first kappa shape index (κ1) is 19.8. The van der Waals surface area contributed by atoms with Crippen molar-refractivity contribution in [1.29, 1.82) is 0 Å². The van der Waals surface area contributed by atoms with Crippen LogP contribution in [0, 0.1) is 16.0 Å². The van der Waals surface area contributed by atoms with E-state index in [1.165, 1.54) is 6.07 Å². The predicted molar refractivity (Wildman–Crippen MR) is 107 cm³/mol. The summed E-state index contributed by atoms with van der Waals surface area (Å²) in [6, 6.07) is 4.80. The summed E-state index contributed by atoms with van der Waals surface area (Å²) >= 11 is 0. The van der Waals surface area contributed by atoms with Gasteiger partial charge in [-0.15, -0.1) is 0 Å². The van der Waals surface area contributed by atoms with E-state index in [1.807, 2.05) is 18.7 Å². The van der Waals surface area contributed by atoms with Gasteiger partial charge in [0.15, 0.2) is 0 Å². The van der Waals surface area contributed by atoms with Crippen LogP contribution in [0.15, 0.2) is 24.4 Å². The average molecular weight is 401 g/mol. The number of likely N-dealkylation sites (tertiary alicyclic amines) is 1. The second-order valence-corrected chi connectivity index (χ2v) is 8.18. The first-order chi connectivity index (χ1) is 13.9. The van der Waals surface area contributed by atoms with Crippen LogP contribution in [-0.2, 0) is 16.2 Å². The molecule has 0 bridgehead atoms. The molecule has 4 rings (SSSR count). The zero-order valence-corrected chi connectivity index (χ0v) is 16.9. The third kappa shape index (κ3) is 4.25. The van der Waals surface area contributed by atoms with Crippen molar-refractivity contribution in [3.05, 3.63) is 34.5 Å². The molecule has 0 unspecified atom stereocenters. The molecule has 2 aliphatic rings.